The van der Waals surface area contributed by atoms with Gasteiger partial charge in [0.25, 0.3) is 5.91 Å². The lowest BCUT2D eigenvalue weighted by Gasteiger charge is -2.18. The van der Waals surface area contributed by atoms with E-state index in [0.717, 1.165) is 13.0 Å². The predicted molar refractivity (Wildman–Crippen MR) is 119 cm³/mol. The molecule has 9 heteroatoms. The summed E-state index contributed by atoms with van der Waals surface area (Å²) in [6.45, 7) is 4.36. The van der Waals surface area contributed by atoms with Gasteiger partial charge in [0.1, 0.15) is 0 Å². The van der Waals surface area contributed by atoms with Crippen molar-refractivity contribution in [2.75, 3.05) is 33.2 Å². The number of rotatable bonds is 6. The minimum absolute atomic E-state index is 0. The van der Waals surface area contributed by atoms with E-state index in [4.69, 9.17) is 11.6 Å². The smallest absolute Gasteiger partial charge is 0.251 e. The lowest BCUT2D eigenvalue weighted by Crippen LogP contribution is -2.46. The van der Waals surface area contributed by atoms with Crippen molar-refractivity contribution >= 4 is 53.4 Å². The number of hydrogen-bond acceptors (Lipinski definition) is 3. The third-order valence-electron chi connectivity index (χ3n) is 4.22. The average molecular weight is 508 g/mol. The van der Waals surface area contributed by atoms with E-state index in [9.17, 15) is 9.59 Å². The van der Waals surface area contributed by atoms with Gasteiger partial charge in [0.2, 0.25) is 5.91 Å². The summed E-state index contributed by atoms with van der Waals surface area (Å²) in [6, 6.07) is 6.95. The highest BCUT2D eigenvalue weighted by molar-refractivity contribution is 14.0. The monoisotopic (exact) mass is 507 g/mol. The fraction of sp³-hybridized carbons (Fsp3) is 0.500. The molecule has 0 radical (unpaired) electrons. The molecule has 1 heterocycles. The first kappa shape index (κ1) is 23.5. The number of carbonyl (C=O) groups is 2. The largest absolute Gasteiger partial charge is 0.355 e. The molecule has 0 spiro atoms. The van der Waals surface area contributed by atoms with Crippen LogP contribution in [-0.2, 0) is 4.79 Å². The van der Waals surface area contributed by atoms with Crippen LogP contribution in [0.15, 0.2) is 29.3 Å². The highest BCUT2D eigenvalue weighted by Gasteiger charge is 2.25. The van der Waals surface area contributed by atoms with Crippen molar-refractivity contribution in [2.24, 2.45) is 4.99 Å². The fourth-order valence-corrected chi connectivity index (χ4v) is 2.90. The summed E-state index contributed by atoms with van der Waals surface area (Å²) in [5.74, 6) is 0.708. The molecule has 1 aliphatic heterocycles. The van der Waals surface area contributed by atoms with E-state index in [-0.39, 0.29) is 41.8 Å². The van der Waals surface area contributed by atoms with Crippen molar-refractivity contribution in [3.8, 4) is 0 Å². The van der Waals surface area contributed by atoms with Crippen LogP contribution in [0.3, 0.4) is 0 Å². The van der Waals surface area contributed by atoms with Crippen LogP contribution in [-0.4, -0.2) is 61.9 Å². The molecule has 1 unspecified atom stereocenters. The molecular weight excluding hydrogens is 481 g/mol. The Morgan fingerprint density at radius 3 is 2.52 bits per heavy atom. The molecule has 0 bridgehead atoms. The molecule has 1 saturated heterocycles. The maximum atomic E-state index is 12.0. The molecule has 1 aromatic rings. The Morgan fingerprint density at radius 2 is 1.89 bits per heavy atom. The molecule has 2 amide bonds. The number of hydrogen-bond donors (Lipinski definition) is 3. The van der Waals surface area contributed by atoms with Gasteiger partial charge in [0.15, 0.2) is 5.96 Å². The lowest BCUT2D eigenvalue weighted by molar-refractivity contribution is -0.129. The number of nitrogens with zero attached hydrogens (tertiary/aromatic N) is 2. The van der Waals surface area contributed by atoms with Crippen molar-refractivity contribution in [1.29, 1.82) is 0 Å². The minimum atomic E-state index is -0.143. The molecule has 150 valence electrons. The Labute approximate surface area is 182 Å². The Kier molecular flexibility index (Phi) is 10.5. The number of likely N-dealkylation sites (tertiary alicyclic amines) is 1. The third-order valence-corrected chi connectivity index (χ3v) is 4.47. The summed E-state index contributed by atoms with van der Waals surface area (Å²) in [5, 5.41) is 9.93. The quantitative estimate of drug-likeness (QED) is 0.237. The van der Waals surface area contributed by atoms with E-state index in [0.29, 0.717) is 42.6 Å². The second-order valence-electron chi connectivity index (χ2n) is 6.09. The highest BCUT2D eigenvalue weighted by Crippen LogP contribution is 2.10. The van der Waals surface area contributed by atoms with Gasteiger partial charge < -0.3 is 20.9 Å². The number of benzene rings is 1. The summed E-state index contributed by atoms with van der Waals surface area (Å²) in [6.07, 6.45) is 1.44. The fourth-order valence-electron chi connectivity index (χ4n) is 2.78. The number of guanidine groups is 1. The number of carbonyl (C=O) groups excluding carboxylic acids is 2. The average Bonchev–Trinajstić information content (AvgIpc) is 3.12. The van der Waals surface area contributed by atoms with Crippen molar-refractivity contribution in [1.82, 2.24) is 20.9 Å². The summed E-state index contributed by atoms with van der Waals surface area (Å²) in [7, 11) is 1.70. The topological polar surface area (TPSA) is 85.8 Å². The zero-order chi connectivity index (χ0) is 18.9. The molecule has 2 rings (SSSR count). The SMILES string of the molecule is CCC(=O)N1CCC(NC(=NC)NCCNC(=O)c2ccc(Cl)cc2)C1.I. The van der Waals surface area contributed by atoms with Gasteiger partial charge in [-0.25, -0.2) is 0 Å². The molecule has 1 aliphatic rings. The van der Waals surface area contributed by atoms with Crippen LogP contribution in [0.2, 0.25) is 5.02 Å². The van der Waals surface area contributed by atoms with Crippen LogP contribution in [0.5, 0.6) is 0 Å². The van der Waals surface area contributed by atoms with Gasteiger partial charge in [-0.3, -0.25) is 14.6 Å². The molecule has 7 nitrogen and oxygen atoms in total. The zero-order valence-corrected chi connectivity index (χ0v) is 18.7. The van der Waals surface area contributed by atoms with E-state index in [2.05, 4.69) is 20.9 Å². The van der Waals surface area contributed by atoms with Crippen molar-refractivity contribution in [3.05, 3.63) is 34.9 Å². The van der Waals surface area contributed by atoms with Gasteiger partial charge in [-0.15, -0.1) is 24.0 Å². The minimum Gasteiger partial charge on any atom is -0.355 e. The van der Waals surface area contributed by atoms with Crippen LogP contribution in [0.1, 0.15) is 30.1 Å². The van der Waals surface area contributed by atoms with Gasteiger partial charge in [-0.05, 0) is 30.7 Å². The first-order valence-electron chi connectivity index (χ1n) is 8.82. The normalized spacial score (nSPS) is 16.5. The molecule has 1 aromatic carbocycles. The third kappa shape index (κ3) is 7.53. The Morgan fingerprint density at radius 1 is 1.22 bits per heavy atom. The first-order valence-corrected chi connectivity index (χ1v) is 9.20. The second-order valence-corrected chi connectivity index (χ2v) is 6.52. The van der Waals surface area contributed by atoms with E-state index in [1.807, 2.05) is 11.8 Å². The molecule has 1 atom stereocenters. The van der Waals surface area contributed by atoms with Gasteiger partial charge in [0.05, 0.1) is 0 Å². The van der Waals surface area contributed by atoms with Crippen LogP contribution in [0, 0.1) is 0 Å². The number of amides is 2. The predicted octanol–water partition coefficient (Wildman–Crippen LogP) is 1.86. The van der Waals surface area contributed by atoms with Crippen LogP contribution >= 0.6 is 35.6 Å². The van der Waals surface area contributed by atoms with Crippen LogP contribution in [0.4, 0.5) is 0 Å². The van der Waals surface area contributed by atoms with Crippen LogP contribution < -0.4 is 16.0 Å². The zero-order valence-electron chi connectivity index (χ0n) is 15.6. The van der Waals surface area contributed by atoms with Gasteiger partial charge in [0, 0.05) is 56.3 Å². The summed E-state index contributed by atoms with van der Waals surface area (Å²) >= 11 is 5.81. The summed E-state index contributed by atoms with van der Waals surface area (Å²) in [4.78, 5) is 29.8. The standard InChI is InChI=1S/C18H26ClN5O2.HI/c1-3-16(25)24-11-8-15(12-24)23-18(20-2)22-10-9-21-17(26)13-4-6-14(19)7-5-13;/h4-7,15H,3,8-12H2,1-2H3,(H,21,26)(H2,20,22,23);1H. The molecular formula is C18H27ClIN5O2. The highest BCUT2D eigenvalue weighted by atomic mass is 127. The Hall–Kier alpha value is -1.55. The molecule has 0 aromatic heterocycles. The van der Waals surface area contributed by atoms with Crippen molar-refractivity contribution < 1.29 is 9.59 Å². The number of nitrogens with one attached hydrogen (secondary N) is 3. The van der Waals surface area contributed by atoms with E-state index >= 15 is 0 Å². The maximum Gasteiger partial charge on any atom is 0.251 e. The Balaban J connectivity index is 0.00000364. The second kappa shape index (κ2) is 12.0. The number of aliphatic imine (C=N–C) groups is 1. The summed E-state index contributed by atoms with van der Waals surface area (Å²) < 4.78 is 0. The molecule has 0 saturated carbocycles. The number of halogens is 2. The molecule has 27 heavy (non-hydrogen) atoms. The first-order chi connectivity index (χ1) is 12.5. The van der Waals surface area contributed by atoms with E-state index in [1.165, 1.54) is 0 Å². The molecule has 3 N–H and O–H groups in total. The molecule has 1 fully saturated rings. The van der Waals surface area contributed by atoms with E-state index in [1.54, 1.807) is 31.3 Å². The van der Waals surface area contributed by atoms with Gasteiger partial charge >= 0.3 is 0 Å². The summed E-state index contributed by atoms with van der Waals surface area (Å²) in [5.41, 5.74) is 0.573. The molecule has 0 aliphatic carbocycles. The van der Waals surface area contributed by atoms with Crippen molar-refractivity contribution in [2.45, 2.75) is 25.8 Å². The van der Waals surface area contributed by atoms with Crippen LogP contribution in [0.25, 0.3) is 0 Å². The maximum absolute atomic E-state index is 12.0. The van der Waals surface area contributed by atoms with E-state index < -0.39 is 0 Å². The Bertz CT molecular complexity index is 654. The van der Waals surface area contributed by atoms with Gasteiger partial charge in [-0.1, -0.05) is 18.5 Å². The van der Waals surface area contributed by atoms with Gasteiger partial charge in [-0.2, -0.15) is 0 Å². The lowest BCUT2D eigenvalue weighted by atomic mass is 10.2. The van der Waals surface area contributed by atoms with Crippen molar-refractivity contribution in [3.63, 3.8) is 0 Å².